The molecule has 2 heterocycles. The SMILES string of the molecule is Nc1ncnc2c1nc(OC(=O)c1ccccc1)n2Cc1ccccc1. The van der Waals surface area contributed by atoms with E-state index >= 15 is 0 Å². The van der Waals surface area contributed by atoms with Gasteiger partial charge in [-0.05, 0) is 17.7 Å². The van der Waals surface area contributed by atoms with Crippen LogP contribution in [0.15, 0.2) is 67.0 Å². The average molecular weight is 345 g/mol. The predicted molar refractivity (Wildman–Crippen MR) is 96.7 cm³/mol. The van der Waals surface area contributed by atoms with Gasteiger partial charge in [-0.25, -0.2) is 14.8 Å². The van der Waals surface area contributed by atoms with Crippen LogP contribution >= 0.6 is 0 Å². The summed E-state index contributed by atoms with van der Waals surface area (Å²) < 4.78 is 7.25. The lowest BCUT2D eigenvalue weighted by Crippen LogP contribution is -2.13. The number of rotatable bonds is 4. The van der Waals surface area contributed by atoms with Crippen LogP contribution in [-0.4, -0.2) is 25.5 Å². The Kier molecular flexibility index (Phi) is 4.03. The van der Waals surface area contributed by atoms with Crippen LogP contribution in [0.4, 0.5) is 5.82 Å². The van der Waals surface area contributed by atoms with E-state index in [-0.39, 0.29) is 11.8 Å². The van der Waals surface area contributed by atoms with Gasteiger partial charge >= 0.3 is 12.0 Å². The number of hydrogen-bond acceptors (Lipinski definition) is 6. The third kappa shape index (κ3) is 2.98. The lowest BCUT2D eigenvalue weighted by molar-refractivity contribution is 0.0714. The Morgan fingerprint density at radius 2 is 1.69 bits per heavy atom. The number of nitrogens with zero attached hydrogens (tertiary/aromatic N) is 4. The van der Waals surface area contributed by atoms with Crippen molar-refractivity contribution < 1.29 is 9.53 Å². The van der Waals surface area contributed by atoms with Gasteiger partial charge in [-0.1, -0.05) is 48.5 Å². The van der Waals surface area contributed by atoms with Gasteiger partial charge < -0.3 is 10.5 Å². The normalized spacial score (nSPS) is 10.8. The fourth-order valence-corrected chi connectivity index (χ4v) is 2.64. The van der Waals surface area contributed by atoms with E-state index in [0.29, 0.717) is 23.3 Å². The fourth-order valence-electron chi connectivity index (χ4n) is 2.64. The predicted octanol–water partition coefficient (Wildman–Crippen LogP) is 2.68. The molecular formula is C19H15N5O2. The van der Waals surface area contributed by atoms with Crippen LogP contribution in [0.2, 0.25) is 0 Å². The molecule has 0 radical (unpaired) electrons. The molecule has 0 aliphatic rings. The molecule has 0 aliphatic heterocycles. The number of benzene rings is 2. The first kappa shape index (κ1) is 15.8. The molecular weight excluding hydrogens is 330 g/mol. The van der Waals surface area contributed by atoms with Crippen molar-refractivity contribution in [3.63, 3.8) is 0 Å². The number of anilines is 1. The van der Waals surface area contributed by atoms with E-state index in [9.17, 15) is 4.79 Å². The summed E-state index contributed by atoms with van der Waals surface area (Å²) in [6.45, 7) is 0.436. The maximum atomic E-state index is 12.4. The summed E-state index contributed by atoms with van der Waals surface area (Å²) in [5, 5.41) is 0. The number of nitrogens with two attached hydrogens (primary N) is 1. The first-order valence-electron chi connectivity index (χ1n) is 8.00. The molecule has 2 N–H and O–H groups in total. The highest BCUT2D eigenvalue weighted by atomic mass is 16.5. The molecule has 0 atom stereocenters. The number of carbonyl (C=O) groups is 1. The molecule has 26 heavy (non-hydrogen) atoms. The summed E-state index contributed by atoms with van der Waals surface area (Å²) in [5.74, 6) is -0.263. The highest BCUT2D eigenvalue weighted by Gasteiger charge is 2.19. The number of carbonyl (C=O) groups excluding carboxylic acids is 1. The number of ether oxygens (including phenoxy) is 1. The topological polar surface area (TPSA) is 95.9 Å². The molecule has 0 spiro atoms. The number of esters is 1. The molecule has 2 aromatic carbocycles. The zero-order valence-electron chi connectivity index (χ0n) is 13.7. The molecule has 0 unspecified atom stereocenters. The van der Waals surface area contributed by atoms with E-state index in [4.69, 9.17) is 10.5 Å². The molecule has 7 nitrogen and oxygen atoms in total. The minimum atomic E-state index is -0.498. The van der Waals surface area contributed by atoms with Crippen molar-refractivity contribution in [3.8, 4) is 6.01 Å². The minimum Gasteiger partial charge on any atom is -0.388 e. The van der Waals surface area contributed by atoms with Crippen LogP contribution in [0.3, 0.4) is 0 Å². The van der Waals surface area contributed by atoms with Gasteiger partial charge in [-0.15, -0.1) is 0 Å². The number of fused-ring (bicyclic) bond motifs is 1. The Hall–Kier alpha value is -3.74. The second-order valence-electron chi connectivity index (χ2n) is 5.65. The van der Waals surface area contributed by atoms with Crippen molar-refractivity contribution in [3.05, 3.63) is 78.1 Å². The van der Waals surface area contributed by atoms with Gasteiger partial charge in [0, 0.05) is 0 Å². The lowest BCUT2D eigenvalue weighted by Gasteiger charge is -2.08. The molecule has 2 aromatic heterocycles. The van der Waals surface area contributed by atoms with Gasteiger partial charge in [-0.2, -0.15) is 4.98 Å². The monoisotopic (exact) mass is 345 g/mol. The quantitative estimate of drug-likeness (QED) is 0.571. The van der Waals surface area contributed by atoms with Gasteiger partial charge in [0.1, 0.15) is 6.33 Å². The summed E-state index contributed by atoms with van der Waals surface area (Å²) in [7, 11) is 0. The largest absolute Gasteiger partial charge is 0.388 e. The van der Waals surface area contributed by atoms with Gasteiger partial charge in [0.05, 0.1) is 12.1 Å². The number of nitrogen functional groups attached to an aromatic ring is 1. The summed E-state index contributed by atoms with van der Waals surface area (Å²) >= 11 is 0. The van der Waals surface area contributed by atoms with Gasteiger partial charge in [0.15, 0.2) is 17.0 Å². The molecule has 0 fully saturated rings. The number of aromatic nitrogens is 4. The van der Waals surface area contributed by atoms with Crippen molar-refractivity contribution in [1.29, 1.82) is 0 Å². The average Bonchev–Trinajstić information content (AvgIpc) is 3.02. The zero-order valence-corrected chi connectivity index (χ0v) is 13.7. The Labute approximate surface area is 149 Å². The second kappa shape index (κ2) is 6.64. The summed E-state index contributed by atoms with van der Waals surface area (Å²) in [4.78, 5) is 25.0. The van der Waals surface area contributed by atoms with Gasteiger partial charge in [-0.3, -0.25) is 4.57 Å². The fraction of sp³-hybridized carbons (Fsp3) is 0.0526. The Morgan fingerprint density at radius 1 is 1.00 bits per heavy atom. The third-order valence-electron chi connectivity index (χ3n) is 3.90. The van der Waals surface area contributed by atoms with Crippen LogP contribution in [0.5, 0.6) is 6.01 Å². The van der Waals surface area contributed by atoms with Crippen molar-refractivity contribution >= 4 is 23.0 Å². The van der Waals surface area contributed by atoms with E-state index in [2.05, 4.69) is 15.0 Å². The highest BCUT2D eigenvalue weighted by Crippen LogP contribution is 2.24. The molecule has 0 aliphatic carbocycles. The van der Waals surface area contributed by atoms with E-state index in [0.717, 1.165) is 5.56 Å². The van der Waals surface area contributed by atoms with Crippen molar-refractivity contribution in [2.75, 3.05) is 5.73 Å². The van der Waals surface area contributed by atoms with Crippen molar-refractivity contribution in [2.45, 2.75) is 6.54 Å². The maximum Gasteiger partial charge on any atom is 0.345 e. The highest BCUT2D eigenvalue weighted by molar-refractivity contribution is 5.91. The molecule has 4 rings (SSSR count). The van der Waals surface area contributed by atoms with Gasteiger partial charge in [0.25, 0.3) is 0 Å². The smallest absolute Gasteiger partial charge is 0.345 e. The number of imidazole rings is 1. The molecule has 0 amide bonds. The minimum absolute atomic E-state index is 0.130. The summed E-state index contributed by atoms with van der Waals surface area (Å²) in [6.07, 6.45) is 1.36. The van der Waals surface area contributed by atoms with Crippen LogP contribution in [0.25, 0.3) is 11.2 Å². The molecule has 0 saturated carbocycles. The van der Waals surface area contributed by atoms with Crippen molar-refractivity contribution in [1.82, 2.24) is 19.5 Å². The Morgan fingerprint density at radius 3 is 2.42 bits per heavy atom. The van der Waals surface area contributed by atoms with Crippen molar-refractivity contribution in [2.24, 2.45) is 0 Å². The lowest BCUT2D eigenvalue weighted by atomic mass is 10.2. The summed E-state index contributed by atoms with van der Waals surface area (Å²) in [5.41, 5.74) is 8.27. The second-order valence-corrected chi connectivity index (χ2v) is 5.65. The van der Waals surface area contributed by atoms with Gasteiger partial charge in [0.2, 0.25) is 0 Å². The Balaban J connectivity index is 1.76. The van der Waals surface area contributed by atoms with E-state index in [1.54, 1.807) is 28.8 Å². The zero-order chi connectivity index (χ0) is 17.9. The van der Waals surface area contributed by atoms with E-state index in [1.165, 1.54) is 6.33 Å². The Bertz CT molecular complexity index is 1060. The molecule has 128 valence electrons. The van der Waals surface area contributed by atoms with E-state index in [1.807, 2.05) is 36.4 Å². The molecule has 4 aromatic rings. The third-order valence-corrected chi connectivity index (χ3v) is 3.90. The summed E-state index contributed by atoms with van der Waals surface area (Å²) in [6, 6.07) is 18.6. The molecule has 0 saturated heterocycles. The van der Waals surface area contributed by atoms with Crippen LogP contribution < -0.4 is 10.5 Å². The van der Waals surface area contributed by atoms with E-state index < -0.39 is 5.97 Å². The van der Waals surface area contributed by atoms with Crippen LogP contribution in [-0.2, 0) is 6.54 Å². The van der Waals surface area contributed by atoms with Crippen LogP contribution in [0.1, 0.15) is 15.9 Å². The first-order chi connectivity index (χ1) is 12.7. The molecule has 0 bridgehead atoms. The van der Waals surface area contributed by atoms with Crippen LogP contribution in [0, 0.1) is 0 Å². The first-order valence-corrected chi connectivity index (χ1v) is 8.00. The molecule has 7 heteroatoms. The standard InChI is InChI=1S/C19H15N5O2/c20-16-15-17(22-12-21-16)24(11-13-7-3-1-4-8-13)19(23-15)26-18(25)14-9-5-2-6-10-14/h1-10,12H,11H2,(H2,20,21,22). The maximum absolute atomic E-state index is 12.4. The number of hydrogen-bond donors (Lipinski definition) is 1.